The number of esters is 1. The minimum Gasteiger partial charge on any atom is -0.459 e. The lowest BCUT2D eigenvalue weighted by molar-refractivity contribution is 0.0331. The average Bonchev–Trinajstić information content (AvgIpc) is 2.93. The van der Waals surface area contributed by atoms with Gasteiger partial charge in [-0.05, 0) is 12.5 Å². The molecule has 2 aromatic rings. The van der Waals surface area contributed by atoms with Gasteiger partial charge >= 0.3 is 5.97 Å². The first kappa shape index (κ1) is 18.0. The van der Waals surface area contributed by atoms with Gasteiger partial charge in [0, 0.05) is 20.2 Å². The number of hydrogen-bond acceptors (Lipinski definition) is 8. The van der Waals surface area contributed by atoms with Crippen molar-refractivity contribution in [2.75, 3.05) is 46.6 Å². The van der Waals surface area contributed by atoms with Crippen LogP contribution >= 0.6 is 11.3 Å². The van der Waals surface area contributed by atoms with Gasteiger partial charge in [0.05, 0.1) is 31.8 Å². The van der Waals surface area contributed by atoms with Gasteiger partial charge in [-0.1, -0.05) is 0 Å². The molecular weight excluding hydrogens is 346 g/mol. The zero-order chi connectivity index (χ0) is 17.8. The van der Waals surface area contributed by atoms with Crippen LogP contribution in [0, 0.1) is 6.92 Å². The lowest BCUT2D eigenvalue weighted by atomic mass is 10.2. The van der Waals surface area contributed by atoms with Gasteiger partial charge in [-0.3, -0.25) is 9.69 Å². The average molecular weight is 367 g/mol. The fourth-order valence-corrected chi connectivity index (χ4v) is 3.81. The number of H-pyrrole nitrogens is 1. The highest BCUT2D eigenvalue weighted by molar-refractivity contribution is 7.20. The van der Waals surface area contributed by atoms with Gasteiger partial charge in [0.25, 0.3) is 5.56 Å². The molecule has 1 N–H and O–H groups in total. The fraction of sp³-hybridized carbons (Fsp3) is 0.562. The van der Waals surface area contributed by atoms with Crippen molar-refractivity contribution in [3.05, 3.63) is 26.6 Å². The highest BCUT2D eigenvalue weighted by Crippen LogP contribution is 2.27. The maximum absolute atomic E-state index is 12.5. The van der Waals surface area contributed by atoms with E-state index in [4.69, 9.17) is 14.2 Å². The molecule has 0 aliphatic carbocycles. The summed E-state index contributed by atoms with van der Waals surface area (Å²) in [5.41, 5.74) is 0.382. The van der Waals surface area contributed by atoms with E-state index in [1.807, 2.05) is 0 Å². The van der Waals surface area contributed by atoms with Crippen LogP contribution in [0.15, 0.2) is 4.79 Å². The maximum atomic E-state index is 12.5. The van der Waals surface area contributed by atoms with Crippen LogP contribution in [-0.2, 0) is 20.8 Å². The Morgan fingerprint density at radius 3 is 2.84 bits per heavy atom. The highest BCUT2D eigenvalue weighted by Gasteiger charge is 2.21. The molecule has 0 aromatic carbocycles. The molecule has 1 fully saturated rings. The largest absolute Gasteiger partial charge is 0.459 e. The Balaban J connectivity index is 1.85. The van der Waals surface area contributed by atoms with Crippen LogP contribution < -0.4 is 5.56 Å². The summed E-state index contributed by atoms with van der Waals surface area (Å²) < 4.78 is 15.3. The topological polar surface area (TPSA) is 93.8 Å². The van der Waals surface area contributed by atoms with E-state index in [2.05, 4.69) is 14.9 Å². The molecule has 0 atom stereocenters. The van der Waals surface area contributed by atoms with Crippen molar-refractivity contribution >= 4 is 27.5 Å². The third kappa shape index (κ3) is 4.06. The van der Waals surface area contributed by atoms with Crippen molar-refractivity contribution in [3.8, 4) is 0 Å². The molecule has 3 rings (SSSR count). The van der Waals surface area contributed by atoms with E-state index in [9.17, 15) is 9.59 Å². The van der Waals surface area contributed by atoms with Crippen molar-refractivity contribution in [2.24, 2.45) is 0 Å². The number of carbonyl (C=O) groups is 1. The molecule has 0 spiro atoms. The van der Waals surface area contributed by atoms with Gasteiger partial charge < -0.3 is 19.2 Å². The number of ether oxygens (including phenoxy) is 3. The van der Waals surface area contributed by atoms with Crippen LogP contribution in [0.4, 0.5) is 0 Å². The first-order chi connectivity index (χ1) is 12.1. The van der Waals surface area contributed by atoms with E-state index < -0.39 is 5.97 Å². The molecule has 25 heavy (non-hydrogen) atoms. The third-order valence-electron chi connectivity index (χ3n) is 4.03. The number of thiophene rings is 1. The fourth-order valence-electron chi connectivity index (χ4n) is 2.71. The van der Waals surface area contributed by atoms with Crippen LogP contribution in [0.25, 0.3) is 10.2 Å². The van der Waals surface area contributed by atoms with Crippen LogP contribution in [0.1, 0.15) is 21.1 Å². The Bertz CT molecular complexity index is 810. The van der Waals surface area contributed by atoms with Crippen molar-refractivity contribution in [1.82, 2.24) is 14.9 Å². The zero-order valence-corrected chi connectivity index (χ0v) is 15.1. The van der Waals surface area contributed by atoms with E-state index in [0.29, 0.717) is 52.8 Å². The number of rotatable bonds is 6. The van der Waals surface area contributed by atoms with Crippen LogP contribution in [-0.4, -0.2) is 67.5 Å². The van der Waals surface area contributed by atoms with Gasteiger partial charge in [-0.2, -0.15) is 0 Å². The predicted octanol–water partition coefficient (Wildman–Crippen LogP) is 0.928. The van der Waals surface area contributed by atoms with Crippen LogP contribution in [0.3, 0.4) is 0 Å². The third-order valence-corrected chi connectivity index (χ3v) is 5.20. The molecule has 1 aliphatic rings. The van der Waals surface area contributed by atoms with Gasteiger partial charge in [0.2, 0.25) is 0 Å². The summed E-state index contributed by atoms with van der Waals surface area (Å²) in [5, 5.41) is 0.453. The number of nitrogens with zero attached hydrogens (tertiary/aromatic N) is 2. The summed E-state index contributed by atoms with van der Waals surface area (Å²) in [6.07, 6.45) is 0. The molecule has 0 bridgehead atoms. The van der Waals surface area contributed by atoms with E-state index in [1.165, 1.54) is 18.4 Å². The first-order valence-electron chi connectivity index (χ1n) is 8.08. The first-order valence-corrected chi connectivity index (χ1v) is 8.90. The number of aromatic nitrogens is 2. The number of morpholine rings is 1. The second-order valence-corrected chi connectivity index (χ2v) is 6.77. The number of nitrogens with one attached hydrogen (secondary N) is 1. The quantitative estimate of drug-likeness (QED) is 0.599. The summed E-state index contributed by atoms with van der Waals surface area (Å²) in [5.74, 6) is 0.145. The summed E-state index contributed by atoms with van der Waals surface area (Å²) in [6, 6.07) is 0. The van der Waals surface area contributed by atoms with Crippen molar-refractivity contribution in [1.29, 1.82) is 0 Å². The Hall–Kier alpha value is -1.81. The minimum atomic E-state index is -0.452. The smallest absolute Gasteiger partial charge is 0.348 e. The summed E-state index contributed by atoms with van der Waals surface area (Å²) in [4.78, 5) is 35.2. The number of hydrogen-bond donors (Lipinski definition) is 1. The number of carbonyl (C=O) groups excluding carboxylic acids is 1. The van der Waals surface area contributed by atoms with Crippen LogP contribution in [0.5, 0.6) is 0 Å². The predicted molar refractivity (Wildman–Crippen MR) is 93.2 cm³/mol. The normalized spacial score (nSPS) is 15.6. The zero-order valence-electron chi connectivity index (χ0n) is 14.3. The Morgan fingerprint density at radius 1 is 1.36 bits per heavy atom. The summed E-state index contributed by atoms with van der Waals surface area (Å²) >= 11 is 1.19. The van der Waals surface area contributed by atoms with E-state index in [1.54, 1.807) is 6.92 Å². The standard InChI is InChI=1S/C16H21N3O5S/c1-10-12-14(20)17-11(9-19-3-5-23-6-4-19)18-15(12)25-13(10)16(21)24-8-7-22-2/h3-9H2,1-2H3,(H,17,18,20). The molecule has 1 saturated heterocycles. The molecule has 1 aliphatic heterocycles. The summed E-state index contributed by atoms with van der Waals surface area (Å²) in [6.45, 7) is 5.78. The van der Waals surface area contributed by atoms with Crippen molar-refractivity contribution < 1.29 is 19.0 Å². The number of aryl methyl sites for hydroxylation is 1. The molecule has 0 radical (unpaired) electrons. The monoisotopic (exact) mass is 367 g/mol. The highest BCUT2D eigenvalue weighted by atomic mass is 32.1. The van der Waals surface area contributed by atoms with Gasteiger partial charge in [-0.15, -0.1) is 11.3 Å². The second-order valence-electron chi connectivity index (χ2n) is 5.77. The molecule has 2 aromatic heterocycles. The molecule has 136 valence electrons. The van der Waals surface area contributed by atoms with Gasteiger partial charge in [0.1, 0.15) is 22.1 Å². The number of fused-ring (bicyclic) bond motifs is 1. The minimum absolute atomic E-state index is 0.176. The molecule has 9 heteroatoms. The van der Waals surface area contributed by atoms with E-state index in [0.717, 1.165) is 13.1 Å². The molecule has 3 heterocycles. The molecule has 0 unspecified atom stereocenters. The Kier molecular flexibility index (Phi) is 5.79. The van der Waals surface area contributed by atoms with Gasteiger partial charge in [-0.25, -0.2) is 9.78 Å². The lowest BCUT2D eigenvalue weighted by Gasteiger charge is -2.25. The Labute approximate surface area is 148 Å². The molecular formula is C16H21N3O5S. The van der Waals surface area contributed by atoms with Crippen molar-refractivity contribution in [2.45, 2.75) is 13.5 Å². The number of methoxy groups -OCH3 is 1. The van der Waals surface area contributed by atoms with Crippen LogP contribution in [0.2, 0.25) is 0 Å². The number of aromatic amines is 1. The molecule has 0 amide bonds. The Morgan fingerprint density at radius 2 is 2.12 bits per heavy atom. The molecule has 0 saturated carbocycles. The van der Waals surface area contributed by atoms with Gasteiger partial charge in [0.15, 0.2) is 0 Å². The lowest BCUT2D eigenvalue weighted by Crippen LogP contribution is -2.36. The van der Waals surface area contributed by atoms with Crippen molar-refractivity contribution in [3.63, 3.8) is 0 Å². The van der Waals surface area contributed by atoms with E-state index >= 15 is 0 Å². The summed E-state index contributed by atoms with van der Waals surface area (Å²) in [7, 11) is 1.54. The van der Waals surface area contributed by atoms with E-state index in [-0.39, 0.29) is 12.2 Å². The SMILES string of the molecule is COCCOC(=O)c1sc2nc(CN3CCOCC3)[nH]c(=O)c2c1C. The second kappa shape index (κ2) is 8.05. The molecule has 8 nitrogen and oxygen atoms in total. The maximum Gasteiger partial charge on any atom is 0.348 e.